The van der Waals surface area contributed by atoms with Gasteiger partial charge in [0, 0.05) is 31.1 Å². The molecule has 4 rings (SSSR count). The van der Waals surface area contributed by atoms with Crippen molar-refractivity contribution in [3.63, 3.8) is 0 Å². The van der Waals surface area contributed by atoms with E-state index >= 15 is 0 Å². The quantitative estimate of drug-likeness (QED) is 0.646. The lowest BCUT2D eigenvalue weighted by molar-refractivity contribution is 0.0944. The summed E-state index contributed by atoms with van der Waals surface area (Å²) in [6, 6.07) is 0.0597. The minimum atomic E-state index is -0.580. The normalized spacial score (nSPS) is 14.3. The molecule has 3 aromatic heterocycles. The molecule has 29 heavy (non-hydrogen) atoms. The van der Waals surface area contributed by atoms with Crippen LogP contribution in [0.1, 0.15) is 54.4 Å². The van der Waals surface area contributed by atoms with Crippen LogP contribution in [0.5, 0.6) is 5.88 Å². The molecule has 152 valence electrons. The average molecular weight is 398 g/mol. The number of amides is 1. The summed E-state index contributed by atoms with van der Waals surface area (Å²) in [4.78, 5) is 25.7. The smallest absolute Gasteiger partial charge is 0.270 e. The van der Waals surface area contributed by atoms with E-state index < -0.39 is 17.3 Å². The van der Waals surface area contributed by atoms with Crippen molar-refractivity contribution < 1.29 is 14.3 Å². The summed E-state index contributed by atoms with van der Waals surface area (Å²) in [5, 5.41) is 25.3. The van der Waals surface area contributed by atoms with E-state index in [0.29, 0.717) is 29.5 Å². The van der Waals surface area contributed by atoms with Gasteiger partial charge in [-0.15, -0.1) is 10.2 Å². The van der Waals surface area contributed by atoms with Gasteiger partial charge in [-0.2, -0.15) is 9.61 Å². The lowest BCUT2D eigenvalue weighted by Crippen LogP contribution is -2.36. The van der Waals surface area contributed by atoms with Gasteiger partial charge in [-0.3, -0.25) is 14.2 Å². The van der Waals surface area contributed by atoms with Crippen molar-refractivity contribution in [3.8, 4) is 5.88 Å². The molecule has 0 aliphatic heterocycles. The molecule has 0 unspecified atom stereocenters. The number of hydrogen-bond donors (Lipinski definition) is 2. The second-order valence-electron chi connectivity index (χ2n) is 7.58. The zero-order valence-electron chi connectivity index (χ0n) is 16.4. The average Bonchev–Trinajstić information content (AvgIpc) is 3.20. The molecule has 10 heteroatoms. The van der Waals surface area contributed by atoms with Crippen LogP contribution in [0, 0.1) is 12.8 Å². The van der Waals surface area contributed by atoms with Crippen molar-refractivity contribution >= 4 is 23.7 Å². The van der Waals surface area contributed by atoms with Crippen molar-refractivity contribution in [3.05, 3.63) is 39.5 Å². The van der Waals surface area contributed by atoms with Crippen molar-refractivity contribution in [2.75, 3.05) is 0 Å². The fourth-order valence-electron chi connectivity index (χ4n) is 3.09. The van der Waals surface area contributed by atoms with E-state index in [2.05, 4.69) is 20.6 Å². The molecule has 3 heterocycles. The van der Waals surface area contributed by atoms with Crippen molar-refractivity contribution in [1.29, 1.82) is 0 Å². The Balaban J connectivity index is 1.86. The third-order valence-electron chi connectivity index (χ3n) is 4.54. The number of aromatic hydroxyl groups is 1. The Hall–Kier alpha value is -3.43. The zero-order valence-corrected chi connectivity index (χ0v) is 16.4. The van der Waals surface area contributed by atoms with Crippen LogP contribution in [0.15, 0.2) is 15.4 Å². The molecule has 0 spiro atoms. The molecule has 3 aromatic rings. The van der Waals surface area contributed by atoms with Gasteiger partial charge < -0.3 is 14.8 Å². The van der Waals surface area contributed by atoms with E-state index in [1.54, 1.807) is 19.1 Å². The Morgan fingerprint density at radius 3 is 2.76 bits per heavy atom. The molecular weight excluding hydrogens is 376 g/mol. The lowest BCUT2D eigenvalue weighted by Gasteiger charge is -2.15. The van der Waals surface area contributed by atoms with Crippen molar-refractivity contribution in [1.82, 2.24) is 29.7 Å². The monoisotopic (exact) mass is 398 g/mol. The molecule has 1 amide bonds. The number of aromatic nitrogens is 5. The molecule has 0 bridgehead atoms. The van der Waals surface area contributed by atoms with Crippen molar-refractivity contribution in [2.45, 2.75) is 46.2 Å². The second kappa shape index (κ2) is 7.19. The Morgan fingerprint density at radius 1 is 1.38 bits per heavy atom. The first kappa shape index (κ1) is 18.9. The lowest BCUT2D eigenvalue weighted by atomic mass is 10.2. The molecular formula is C19H22N6O4. The number of nitrogens with zero attached hydrogens (tertiary/aromatic N) is 5. The first-order valence-corrected chi connectivity index (χ1v) is 9.47. The Labute approximate surface area is 165 Å². The highest BCUT2D eigenvalue weighted by atomic mass is 16.4. The fraction of sp³-hybridized carbons (Fsp3) is 0.421. The molecule has 2 N–H and O–H groups in total. The van der Waals surface area contributed by atoms with E-state index in [0.717, 1.165) is 12.8 Å². The van der Waals surface area contributed by atoms with E-state index in [1.807, 2.05) is 13.8 Å². The third-order valence-corrected chi connectivity index (χ3v) is 4.54. The number of nitrogens with one attached hydrogen (secondary N) is 1. The number of hydrogen-bond acceptors (Lipinski definition) is 7. The molecule has 1 saturated carbocycles. The maximum atomic E-state index is 13.1. The molecule has 0 saturated heterocycles. The van der Waals surface area contributed by atoms with Crippen LogP contribution in [0.4, 0.5) is 0 Å². The number of fused-ring (bicyclic) bond motifs is 1. The predicted octanol–water partition coefficient (Wildman–Crippen LogP) is 1.61. The summed E-state index contributed by atoms with van der Waals surface area (Å²) < 4.78 is 8.01. The van der Waals surface area contributed by atoms with E-state index in [4.69, 9.17) is 4.42 Å². The van der Waals surface area contributed by atoms with E-state index in [-0.39, 0.29) is 17.5 Å². The maximum absolute atomic E-state index is 13.1. The van der Waals surface area contributed by atoms with Gasteiger partial charge in [0.25, 0.3) is 11.5 Å². The Morgan fingerprint density at radius 2 is 2.14 bits per heavy atom. The number of aryl methyl sites for hydroxylation is 1. The van der Waals surface area contributed by atoms with Gasteiger partial charge in [0.05, 0.1) is 6.20 Å². The summed E-state index contributed by atoms with van der Waals surface area (Å²) in [5.74, 6) is -0.181. The van der Waals surface area contributed by atoms with Gasteiger partial charge in [-0.1, -0.05) is 13.8 Å². The Kier molecular flexibility index (Phi) is 4.69. The van der Waals surface area contributed by atoms with Crippen LogP contribution in [0.3, 0.4) is 0 Å². The van der Waals surface area contributed by atoms with E-state index in [9.17, 15) is 14.7 Å². The van der Waals surface area contributed by atoms with Gasteiger partial charge in [0.1, 0.15) is 5.65 Å². The SMILES string of the molecule is Cc1nnc(/C=C/c2cnn3c(O)c(C(=O)NC4CC4)c(=O)n(CC(C)C)c23)o1. The van der Waals surface area contributed by atoms with Crippen LogP contribution in [-0.4, -0.2) is 41.4 Å². The number of carbonyl (C=O) groups is 1. The summed E-state index contributed by atoms with van der Waals surface area (Å²) >= 11 is 0. The second-order valence-corrected chi connectivity index (χ2v) is 7.58. The number of carbonyl (C=O) groups excluding carboxylic acids is 1. The van der Waals surface area contributed by atoms with Crippen LogP contribution in [0.25, 0.3) is 17.8 Å². The summed E-state index contributed by atoms with van der Waals surface area (Å²) in [5.41, 5.74) is 0.113. The van der Waals surface area contributed by atoms with Crippen LogP contribution in [0.2, 0.25) is 0 Å². The van der Waals surface area contributed by atoms with Crippen LogP contribution in [-0.2, 0) is 6.54 Å². The highest BCUT2D eigenvalue weighted by Gasteiger charge is 2.29. The molecule has 1 aliphatic carbocycles. The largest absolute Gasteiger partial charge is 0.492 e. The van der Waals surface area contributed by atoms with Crippen LogP contribution >= 0.6 is 0 Å². The molecule has 1 fully saturated rings. The summed E-state index contributed by atoms with van der Waals surface area (Å²) in [6.07, 6.45) is 6.54. The van der Waals surface area contributed by atoms with Gasteiger partial charge in [-0.25, -0.2) is 0 Å². The number of rotatable bonds is 6. The molecule has 1 aliphatic rings. The molecule has 0 radical (unpaired) electrons. The van der Waals surface area contributed by atoms with Crippen LogP contribution < -0.4 is 10.9 Å². The summed E-state index contributed by atoms with van der Waals surface area (Å²) in [7, 11) is 0. The topological polar surface area (TPSA) is 128 Å². The molecule has 10 nitrogen and oxygen atoms in total. The zero-order chi connectivity index (χ0) is 20.7. The van der Waals surface area contributed by atoms with Crippen molar-refractivity contribution in [2.24, 2.45) is 5.92 Å². The minimum absolute atomic E-state index is 0.0597. The standard InChI is InChI=1S/C19H22N6O4/c1-10(2)9-24-17-12(4-7-14-23-22-11(3)29-14)8-20-25(17)19(28)15(18(24)27)16(26)21-13-5-6-13/h4,7-8,10,13,28H,5-6,9H2,1-3H3,(H,21,26)/b7-4+. The first-order valence-electron chi connectivity index (χ1n) is 9.47. The summed E-state index contributed by atoms with van der Waals surface area (Å²) in [6.45, 7) is 5.98. The van der Waals surface area contributed by atoms with Gasteiger partial charge in [-0.05, 0) is 24.8 Å². The predicted molar refractivity (Wildman–Crippen MR) is 104 cm³/mol. The maximum Gasteiger partial charge on any atom is 0.270 e. The third kappa shape index (κ3) is 3.65. The van der Waals surface area contributed by atoms with Gasteiger partial charge >= 0.3 is 0 Å². The highest BCUT2D eigenvalue weighted by molar-refractivity contribution is 5.96. The molecule has 0 aromatic carbocycles. The van der Waals surface area contributed by atoms with E-state index in [1.165, 1.54) is 15.3 Å². The first-order chi connectivity index (χ1) is 13.8. The Bertz CT molecular complexity index is 1170. The van der Waals surface area contributed by atoms with Gasteiger partial charge in [0.15, 0.2) is 5.56 Å². The van der Waals surface area contributed by atoms with Gasteiger partial charge in [0.2, 0.25) is 17.7 Å². The minimum Gasteiger partial charge on any atom is -0.492 e. The molecule has 0 atom stereocenters. The highest BCUT2D eigenvalue weighted by Crippen LogP contribution is 2.23. The fourth-order valence-corrected chi connectivity index (χ4v) is 3.09.